The Hall–Kier alpha value is -2.86. The third-order valence-electron chi connectivity index (χ3n) is 4.41. The second-order valence-electron chi connectivity index (χ2n) is 6.90. The average Bonchev–Trinajstić information content (AvgIpc) is 2.84. The number of carboxylic acid groups (broad SMARTS) is 1. The molecule has 0 fully saturated rings. The molecule has 0 saturated heterocycles. The number of ketones is 2. The first-order chi connectivity index (χ1) is 17.8. The number of hydrogen-bond donors (Lipinski definition) is 1. The molecule has 0 radical (unpaired) electrons. The number of nitrogens with zero attached hydrogens (tertiary/aromatic N) is 2. The summed E-state index contributed by atoms with van der Waals surface area (Å²) in [5.41, 5.74) is -0.996. The lowest BCUT2D eigenvalue weighted by molar-refractivity contribution is -0.140. The van der Waals surface area contributed by atoms with Gasteiger partial charge in [0.1, 0.15) is 28.1 Å². The molecule has 9 nitrogen and oxygen atoms in total. The van der Waals surface area contributed by atoms with E-state index in [0.29, 0.717) is 0 Å². The van der Waals surface area contributed by atoms with Crippen molar-refractivity contribution in [2.24, 2.45) is 5.92 Å². The van der Waals surface area contributed by atoms with Gasteiger partial charge in [0.25, 0.3) is 0 Å². The molecule has 0 aromatic carbocycles. The zero-order valence-corrected chi connectivity index (χ0v) is 23.0. The summed E-state index contributed by atoms with van der Waals surface area (Å²) in [5.74, 6) is -6.95. The Kier molecular flexibility index (Phi) is 13.6. The summed E-state index contributed by atoms with van der Waals surface area (Å²) >= 11 is 22.2. The number of Topliss-reactive ketones (excluding diaryl/α,β-unsaturated/α-hetero) is 2. The second kappa shape index (κ2) is 15.5. The van der Waals surface area contributed by atoms with Gasteiger partial charge in [0, 0.05) is 0 Å². The highest BCUT2D eigenvalue weighted by molar-refractivity contribution is 6.37. The first-order valence-electron chi connectivity index (χ1n) is 10.6. The third-order valence-corrected chi connectivity index (χ3v) is 5.52. The standard InChI is InChI=1S/C13H12Cl2FNO4.C10H8Cl2FNO3/c1-3-20-6-8(13(19)21-4-2)10(18)7-5-9(16)12(15)17-11(7)14;1-2-4(10(16)17)7(15)5-3-6(13)9(12)14-8(5)11/h5-6H,3-4H2,1-2H3;3-4H,2H2,1H3,(H,16,17). The minimum Gasteiger partial charge on any atom is -0.500 e. The average molecular weight is 616 g/mol. The van der Waals surface area contributed by atoms with Crippen LogP contribution in [0, 0.1) is 17.6 Å². The summed E-state index contributed by atoms with van der Waals surface area (Å²) in [6.07, 6.45) is 1.03. The number of pyridine rings is 2. The second-order valence-corrected chi connectivity index (χ2v) is 8.33. The summed E-state index contributed by atoms with van der Waals surface area (Å²) in [5, 5.41) is 7.26. The molecule has 1 N–H and O–H groups in total. The number of rotatable bonds is 10. The van der Waals surface area contributed by atoms with Gasteiger partial charge in [-0.3, -0.25) is 14.4 Å². The van der Waals surface area contributed by atoms with Crippen molar-refractivity contribution in [2.75, 3.05) is 13.2 Å². The third kappa shape index (κ3) is 8.87. The molecule has 2 aromatic heterocycles. The van der Waals surface area contributed by atoms with Gasteiger partial charge in [-0.1, -0.05) is 53.3 Å². The van der Waals surface area contributed by atoms with Crippen molar-refractivity contribution in [1.29, 1.82) is 0 Å². The minimum atomic E-state index is -1.29. The van der Waals surface area contributed by atoms with Crippen LogP contribution in [-0.2, 0) is 19.1 Å². The van der Waals surface area contributed by atoms with Crippen LogP contribution in [0.1, 0.15) is 47.9 Å². The Morgan fingerprint density at radius 2 is 1.39 bits per heavy atom. The van der Waals surface area contributed by atoms with Crippen molar-refractivity contribution in [3.05, 3.63) is 67.3 Å². The number of carbonyl (C=O) groups excluding carboxylic acids is 3. The Bertz CT molecular complexity index is 1260. The topological polar surface area (TPSA) is 133 Å². The predicted octanol–water partition coefficient (Wildman–Crippen LogP) is 6.01. The highest BCUT2D eigenvalue weighted by Crippen LogP contribution is 2.25. The fourth-order valence-corrected chi connectivity index (χ4v) is 3.42. The normalized spacial score (nSPS) is 11.7. The smallest absolute Gasteiger partial charge is 0.345 e. The zero-order valence-electron chi connectivity index (χ0n) is 20.0. The lowest BCUT2D eigenvalue weighted by Gasteiger charge is -2.09. The number of ether oxygens (including phenoxy) is 2. The SMILES string of the molecule is CCC(C(=O)O)C(=O)c1cc(F)c(Cl)nc1Cl.CCOC=C(C(=O)OCC)C(=O)c1cc(F)c(Cl)nc1Cl. The van der Waals surface area contributed by atoms with Gasteiger partial charge in [0.2, 0.25) is 5.78 Å². The fraction of sp³-hybridized carbons (Fsp3) is 0.304. The van der Waals surface area contributed by atoms with Crippen LogP contribution < -0.4 is 0 Å². The van der Waals surface area contributed by atoms with E-state index in [2.05, 4.69) is 9.97 Å². The summed E-state index contributed by atoms with van der Waals surface area (Å²) in [6, 6.07) is 1.60. The molecule has 2 heterocycles. The van der Waals surface area contributed by atoms with E-state index in [-0.39, 0.29) is 41.1 Å². The van der Waals surface area contributed by atoms with Gasteiger partial charge in [0.05, 0.1) is 24.3 Å². The molecule has 2 aromatic rings. The van der Waals surface area contributed by atoms with Crippen LogP contribution >= 0.6 is 46.4 Å². The van der Waals surface area contributed by atoms with Crippen molar-refractivity contribution in [2.45, 2.75) is 27.2 Å². The van der Waals surface area contributed by atoms with Crippen LogP contribution in [0.2, 0.25) is 20.6 Å². The molecular formula is C23H20Cl4F2N2O7. The quantitative estimate of drug-likeness (QED) is 0.0648. The number of aromatic nitrogens is 2. The van der Waals surface area contributed by atoms with E-state index in [0.717, 1.165) is 18.4 Å². The van der Waals surface area contributed by atoms with Crippen LogP contribution in [0.4, 0.5) is 8.78 Å². The van der Waals surface area contributed by atoms with Gasteiger partial charge in [0.15, 0.2) is 27.7 Å². The Morgan fingerprint density at radius 3 is 1.84 bits per heavy atom. The molecule has 0 aliphatic rings. The Morgan fingerprint density at radius 1 is 0.895 bits per heavy atom. The van der Waals surface area contributed by atoms with Gasteiger partial charge < -0.3 is 14.6 Å². The molecule has 15 heteroatoms. The van der Waals surface area contributed by atoms with Crippen molar-refractivity contribution in [3.63, 3.8) is 0 Å². The van der Waals surface area contributed by atoms with E-state index in [1.807, 2.05) is 0 Å². The molecule has 2 rings (SSSR count). The molecule has 0 amide bonds. The van der Waals surface area contributed by atoms with Crippen molar-refractivity contribution < 1.29 is 42.5 Å². The molecule has 206 valence electrons. The molecule has 1 atom stereocenters. The Balaban J connectivity index is 0.000000389. The van der Waals surface area contributed by atoms with Crippen LogP contribution in [-0.4, -0.2) is 51.8 Å². The van der Waals surface area contributed by atoms with Crippen LogP contribution in [0.3, 0.4) is 0 Å². The van der Waals surface area contributed by atoms with Gasteiger partial charge in [-0.25, -0.2) is 23.5 Å². The number of halogens is 6. The highest BCUT2D eigenvalue weighted by Gasteiger charge is 2.28. The number of carboxylic acids is 1. The van der Waals surface area contributed by atoms with Gasteiger partial charge in [-0.15, -0.1) is 0 Å². The van der Waals surface area contributed by atoms with Gasteiger partial charge in [-0.05, 0) is 32.4 Å². The molecule has 1 unspecified atom stereocenters. The molecular weight excluding hydrogens is 596 g/mol. The van der Waals surface area contributed by atoms with E-state index < -0.39 is 56.9 Å². The maximum Gasteiger partial charge on any atom is 0.345 e. The monoisotopic (exact) mass is 614 g/mol. The number of aliphatic carboxylic acids is 1. The van der Waals surface area contributed by atoms with Crippen molar-refractivity contribution >= 4 is 69.9 Å². The highest BCUT2D eigenvalue weighted by atomic mass is 35.5. The summed E-state index contributed by atoms with van der Waals surface area (Å²) < 4.78 is 36.2. The lowest BCUT2D eigenvalue weighted by Crippen LogP contribution is -2.23. The van der Waals surface area contributed by atoms with E-state index in [9.17, 15) is 28.0 Å². The van der Waals surface area contributed by atoms with Gasteiger partial charge in [-0.2, -0.15) is 0 Å². The maximum atomic E-state index is 13.4. The molecule has 0 saturated carbocycles. The largest absolute Gasteiger partial charge is 0.500 e. The molecule has 0 spiro atoms. The molecule has 0 bridgehead atoms. The molecule has 0 aliphatic carbocycles. The number of esters is 1. The van der Waals surface area contributed by atoms with E-state index in [4.69, 9.17) is 61.0 Å². The Labute approximate surface area is 235 Å². The lowest BCUT2D eigenvalue weighted by atomic mass is 9.96. The van der Waals surface area contributed by atoms with Crippen LogP contribution in [0.25, 0.3) is 0 Å². The van der Waals surface area contributed by atoms with E-state index in [1.54, 1.807) is 13.8 Å². The molecule has 38 heavy (non-hydrogen) atoms. The first kappa shape index (κ1) is 33.2. The minimum absolute atomic E-state index is 0.0660. The van der Waals surface area contributed by atoms with Crippen molar-refractivity contribution in [3.8, 4) is 0 Å². The van der Waals surface area contributed by atoms with E-state index >= 15 is 0 Å². The van der Waals surface area contributed by atoms with E-state index in [1.165, 1.54) is 6.92 Å². The summed E-state index contributed by atoms with van der Waals surface area (Å²) in [4.78, 5) is 53.5. The number of hydrogen-bond acceptors (Lipinski definition) is 8. The van der Waals surface area contributed by atoms with Gasteiger partial charge >= 0.3 is 11.9 Å². The maximum absolute atomic E-state index is 13.4. The predicted molar refractivity (Wildman–Crippen MR) is 135 cm³/mol. The summed E-state index contributed by atoms with van der Waals surface area (Å²) in [6.45, 7) is 5.08. The van der Waals surface area contributed by atoms with Crippen LogP contribution in [0.15, 0.2) is 24.0 Å². The summed E-state index contributed by atoms with van der Waals surface area (Å²) in [7, 11) is 0. The van der Waals surface area contributed by atoms with Crippen molar-refractivity contribution in [1.82, 2.24) is 9.97 Å². The molecule has 0 aliphatic heterocycles. The van der Waals surface area contributed by atoms with Crippen LogP contribution in [0.5, 0.6) is 0 Å². The number of carbonyl (C=O) groups is 4. The fourth-order valence-electron chi connectivity index (χ4n) is 2.60. The first-order valence-corrected chi connectivity index (χ1v) is 12.1. The zero-order chi connectivity index (χ0) is 29.2.